The number of carbonyl (C=O) groups is 1. The van der Waals surface area contributed by atoms with Crippen molar-refractivity contribution in [2.45, 2.75) is 25.8 Å². The van der Waals surface area contributed by atoms with Crippen LogP contribution in [0.3, 0.4) is 0 Å². The summed E-state index contributed by atoms with van der Waals surface area (Å²) in [6.07, 6.45) is 0.774. The van der Waals surface area contributed by atoms with Gasteiger partial charge in [-0.3, -0.25) is 4.79 Å². The molecule has 0 saturated carbocycles. The molecule has 0 aromatic heterocycles. The molecule has 106 valence electrons. The molecular weight excluding hydrogens is 289 g/mol. The van der Waals surface area contributed by atoms with E-state index in [0.29, 0.717) is 22.2 Å². The monoisotopic (exact) mass is 305 g/mol. The van der Waals surface area contributed by atoms with Crippen LogP contribution in [-0.2, 0) is 4.79 Å². The number of rotatable bonds is 7. The minimum atomic E-state index is -0.117. The highest BCUT2D eigenvalue weighted by Crippen LogP contribution is 2.24. The molecule has 1 rings (SSSR count). The average molecular weight is 306 g/mol. The Balaban J connectivity index is 2.31. The van der Waals surface area contributed by atoms with Crippen molar-refractivity contribution in [3.05, 3.63) is 28.2 Å². The number of ether oxygens (including phenoxy) is 1. The number of amides is 1. The van der Waals surface area contributed by atoms with Crippen LogP contribution in [0.15, 0.2) is 18.2 Å². The van der Waals surface area contributed by atoms with E-state index in [4.69, 9.17) is 33.0 Å². The zero-order valence-electron chi connectivity index (χ0n) is 10.7. The van der Waals surface area contributed by atoms with E-state index in [0.717, 1.165) is 0 Å². The van der Waals surface area contributed by atoms with E-state index in [1.165, 1.54) is 0 Å². The lowest BCUT2D eigenvalue weighted by atomic mass is 10.2. The van der Waals surface area contributed by atoms with Crippen molar-refractivity contribution in [2.24, 2.45) is 0 Å². The molecule has 1 aromatic rings. The van der Waals surface area contributed by atoms with Gasteiger partial charge in [-0.05, 0) is 31.5 Å². The van der Waals surface area contributed by atoms with Gasteiger partial charge in [0.2, 0.25) is 5.91 Å². The van der Waals surface area contributed by atoms with Gasteiger partial charge in [0.15, 0.2) is 0 Å². The lowest BCUT2D eigenvalue weighted by Gasteiger charge is -2.12. The number of aliphatic hydroxyl groups is 1. The second-order valence-corrected chi connectivity index (χ2v) is 5.06. The van der Waals surface area contributed by atoms with Crippen molar-refractivity contribution in [1.82, 2.24) is 5.32 Å². The molecule has 1 aromatic carbocycles. The number of aliphatic hydroxyl groups excluding tert-OH is 1. The van der Waals surface area contributed by atoms with Gasteiger partial charge in [-0.2, -0.15) is 0 Å². The van der Waals surface area contributed by atoms with Gasteiger partial charge in [-0.15, -0.1) is 0 Å². The number of benzene rings is 1. The first kappa shape index (κ1) is 16.1. The van der Waals surface area contributed by atoms with E-state index in [1.54, 1.807) is 18.2 Å². The van der Waals surface area contributed by atoms with Crippen molar-refractivity contribution < 1.29 is 14.6 Å². The number of nitrogens with one attached hydrogen (secondary N) is 1. The number of halogens is 2. The summed E-state index contributed by atoms with van der Waals surface area (Å²) >= 11 is 11.7. The van der Waals surface area contributed by atoms with Crippen LogP contribution in [0, 0.1) is 0 Å². The van der Waals surface area contributed by atoms with E-state index >= 15 is 0 Å². The van der Waals surface area contributed by atoms with Crippen LogP contribution < -0.4 is 10.1 Å². The maximum absolute atomic E-state index is 11.5. The number of hydrogen-bond donors (Lipinski definition) is 2. The van der Waals surface area contributed by atoms with Crippen molar-refractivity contribution in [1.29, 1.82) is 0 Å². The molecule has 0 saturated heterocycles. The molecule has 0 heterocycles. The van der Waals surface area contributed by atoms with Gasteiger partial charge >= 0.3 is 0 Å². The molecule has 1 amide bonds. The van der Waals surface area contributed by atoms with Crippen LogP contribution in [0.2, 0.25) is 10.0 Å². The molecule has 0 spiro atoms. The maximum atomic E-state index is 11.5. The third-order valence-electron chi connectivity index (χ3n) is 2.40. The highest BCUT2D eigenvalue weighted by molar-refractivity contribution is 6.34. The summed E-state index contributed by atoms with van der Waals surface area (Å²) in [5.41, 5.74) is 0. The first-order valence-corrected chi connectivity index (χ1v) is 6.76. The van der Waals surface area contributed by atoms with Gasteiger partial charge in [0.1, 0.15) is 5.75 Å². The van der Waals surface area contributed by atoms with E-state index in [9.17, 15) is 4.79 Å². The summed E-state index contributed by atoms with van der Waals surface area (Å²) in [6, 6.07) is 4.84. The van der Waals surface area contributed by atoms with Crippen molar-refractivity contribution >= 4 is 29.1 Å². The van der Waals surface area contributed by atoms with E-state index in [-0.39, 0.29) is 31.6 Å². The Bertz CT molecular complexity index is 406. The summed E-state index contributed by atoms with van der Waals surface area (Å²) in [5, 5.41) is 12.5. The molecule has 1 unspecified atom stereocenters. The largest absolute Gasteiger partial charge is 0.493 e. The summed E-state index contributed by atoms with van der Waals surface area (Å²) in [4.78, 5) is 11.5. The molecule has 0 aliphatic heterocycles. The van der Waals surface area contributed by atoms with Gasteiger partial charge in [0, 0.05) is 22.7 Å². The van der Waals surface area contributed by atoms with Gasteiger partial charge < -0.3 is 15.2 Å². The summed E-state index contributed by atoms with van der Waals surface area (Å²) in [7, 11) is 0. The molecule has 0 radical (unpaired) electrons. The quantitative estimate of drug-likeness (QED) is 0.814. The Kier molecular flexibility index (Phi) is 6.99. The predicted octanol–water partition coefficient (Wildman–Crippen LogP) is 2.65. The van der Waals surface area contributed by atoms with Gasteiger partial charge in [-0.25, -0.2) is 0 Å². The van der Waals surface area contributed by atoms with Gasteiger partial charge in [0.25, 0.3) is 0 Å². The Morgan fingerprint density at radius 3 is 2.58 bits per heavy atom. The zero-order chi connectivity index (χ0) is 14.3. The molecule has 19 heavy (non-hydrogen) atoms. The molecule has 0 fully saturated rings. The van der Waals surface area contributed by atoms with Crippen LogP contribution in [-0.4, -0.2) is 30.3 Å². The highest BCUT2D eigenvalue weighted by Gasteiger charge is 2.07. The summed E-state index contributed by atoms with van der Waals surface area (Å²) in [6.45, 7) is 2.14. The van der Waals surface area contributed by atoms with Crippen molar-refractivity contribution in [3.63, 3.8) is 0 Å². The standard InChI is InChI=1S/C13H17Cl2NO3/c1-9(2-4-17)16-13(18)3-5-19-12-7-10(14)6-11(15)8-12/h6-9,17H,2-5H2,1H3,(H,16,18). The lowest BCUT2D eigenvalue weighted by molar-refractivity contribution is -0.122. The van der Waals surface area contributed by atoms with Crippen molar-refractivity contribution in [2.75, 3.05) is 13.2 Å². The molecular formula is C13H17Cl2NO3. The highest BCUT2D eigenvalue weighted by atomic mass is 35.5. The fraction of sp³-hybridized carbons (Fsp3) is 0.462. The Morgan fingerprint density at radius 2 is 2.00 bits per heavy atom. The molecule has 2 N–H and O–H groups in total. The van der Waals surface area contributed by atoms with E-state index in [2.05, 4.69) is 5.32 Å². The van der Waals surface area contributed by atoms with Crippen LogP contribution in [0.4, 0.5) is 0 Å². The van der Waals surface area contributed by atoms with Gasteiger partial charge in [0.05, 0.1) is 13.0 Å². The zero-order valence-corrected chi connectivity index (χ0v) is 12.2. The Labute approximate surface area is 122 Å². The van der Waals surface area contributed by atoms with Crippen LogP contribution in [0.25, 0.3) is 0 Å². The molecule has 6 heteroatoms. The number of hydrogen-bond acceptors (Lipinski definition) is 3. The average Bonchev–Trinajstić information content (AvgIpc) is 2.27. The molecule has 4 nitrogen and oxygen atoms in total. The van der Waals surface area contributed by atoms with E-state index in [1.807, 2.05) is 6.92 Å². The Hall–Kier alpha value is -0.970. The fourth-order valence-electron chi connectivity index (χ4n) is 1.49. The normalized spacial score (nSPS) is 12.0. The maximum Gasteiger partial charge on any atom is 0.223 e. The summed E-state index contributed by atoms with van der Waals surface area (Å²) in [5.74, 6) is 0.419. The molecule has 0 aliphatic carbocycles. The minimum Gasteiger partial charge on any atom is -0.493 e. The molecule has 0 bridgehead atoms. The molecule has 1 atom stereocenters. The first-order valence-electron chi connectivity index (χ1n) is 6.00. The third-order valence-corrected chi connectivity index (χ3v) is 2.84. The smallest absolute Gasteiger partial charge is 0.223 e. The molecule has 0 aliphatic rings. The predicted molar refractivity (Wildman–Crippen MR) is 75.9 cm³/mol. The fourth-order valence-corrected chi connectivity index (χ4v) is 1.99. The second-order valence-electron chi connectivity index (χ2n) is 4.18. The van der Waals surface area contributed by atoms with Crippen molar-refractivity contribution in [3.8, 4) is 5.75 Å². The second kappa shape index (κ2) is 8.25. The number of carbonyl (C=O) groups excluding carboxylic acids is 1. The third kappa shape index (κ3) is 6.66. The van der Waals surface area contributed by atoms with Crippen LogP contribution >= 0.6 is 23.2 Å². The first-order chi connectivity index (χ1) is 9.01. The topological polar surface area (TPSA) is 58.6 Å². The summed E-state index contributed by atoms with van der Waals surface area (Å²) < 4.78 is 5.40. The minimum absolute atomic E-state index is 0.0434. The van der Waals surface area contributed by atoms with Gasteiger partial charge in [-0.1, -0.05) is 23.2 Å². The van der Waals surface area contributed by atoms with Crippen LogP contribution in [0.5, 0.6) is 5.75 Å². The van der Waals surface area contributed by atoms with Crippen LogP contribution in [0.1, 0.15) is 19.8 Å². The van der Waals surface area contributed by atoms with E-state index < -0.39 is 0 Å². The lowest BCUT2D eigenvalue weighted by Crippen LogP contribution is -2.33. The SMILES string of the molecule is CC(CCO)NC(=O)CCOc1cc(Cl)cc(Cl)c1. The Morgan fingerprint density at radius 1 is 1.37 bits per heavy atom.